The number of anilines is 2. The van der Waals surface area contributed by atoms with E-state index in [4.69, 9.17) is 0 Å². The van der Waals surface area contributed by atoms with Gasteiger partial charge in [0.1, 0.15) is 6.29 Å². The van der Waals surface area contributed by atoms with Gasteiger partial charge in [0.25, 0.3) is 0 Å². The second-order valence-electron chi connectivity index (χ2n) is 5.07. The highest BCUT2D eigenvalue weighted by molar-refractivity contribution is 9.10. The molecule has 0 amide bonds. The summed E-state index contributed by atoms with van der Waals surface area (Å²) in [5.41, 5.74) is 3.54. The molecule has 0 bridgehead atoms. The highest BCUT2D eigenvalue weighted by Gasteiger charge is 2.14. The van der Waals surface area contributed by atoms with E-state index in [1.54, 1.807) is 4.68 Å². The van der Waals surface area contributed by atoms with E-state index in [-0.39, 0.29) is 6.04 Å². The molecule has 2 rings (SSSR count). The van der Waals surface area contributed by atoms with E-state index in [9.17, 15) is 4.79 Å². The molecule has 0 saturated heterocycles. The fraction of sp³-hybridized carbons (Fsp3) is 0.400. The van der Waals surface area contributed by atoms with E-state index in [1.165, 1.54) is 0 Å². The van der Waals surface area contributed by atoms with Crippen LogP contribution < -0.4 is 10.6 Å². The van der Waals surface area contributed by atoms with Crippen molar-refractivity contribution in [3.05, 3.63) is 33.6 Å². The van der Waals surface area contributed by atoms with E-state index >= 15 is 0 Å². The van der Waals surface area contributed by atoms with Gasteiger partial charge in [-0.05, 0) is 67.0 Å². The molecule has 1 heterocycles. The Labute approximate surface area is 138 Å². The van der Waals surface area contributed by atoms with E-state index in [2.05, 4.69) is 36.6 Å². The highest BCUT2D eigenvalue weighted by atomic mass is 79.9. The predicted octanol–water partition coefficient (Wildman–Crippen LogP) is 3.21. The van der Waals surface area contributed by atoms with Gasteiger partial charge in [0.05, 0.1) is 0 Å². The molecular weight excluding hydrogens is 346 g/mol. The van der Waals surface area contributed by atoms with Crippen LogP contribution in [0.3, 0.4) is 0 Å². The Hall–Kier alpha value is -1.73. The van der Waals surface area contributed by atoms with Gasteiger partial charge in [-0.1, -0.05) is 0 Å². The Kier molecular flexibility index (Phi) is 5.31. The van der Waals surface area contributed by atoms with Crippen molar-refractivity contribution >= 4 is 33.9 Å². The molecule has 0 radical (unpaired) electrons. The van der Waals surface area contributed by atoms with Crippen LogP contribution in [0.4, 0.5) is 11.6 Å². The summed E-state index contributed by atoms with van der Waals surface area (Å²) in [5, 5.41) is 10.7. The third kappa shape index (κ3) is 3.36. The van der Waals surface area contributed by atoms with Crippen molar-refractivity contribution in [1.82, 2.24) is 20.1 Å². The number of aldehydes is 1. The fourth-order valence-electron chi connectivity index (χ4n) is 2.26. The summed E-state index contributed by atoms with van der Waals surface area (Å²) in [6.45, 7) is 6.70. The zero-order valence-corrected chi connectivity index (χ0v) is 14.7. The molecule has 2 aromatic rings. The molecule has 0 aliphatic carbocycles. The molecule has 22 heavy (non-hydrogen) atoms. The van der Waals surface area contributed by atoms with Crippen LogP contribution in [-0.4, -0.2) is 28.1 Å². The van der Waals surface area contributed by atoms with Crippen molar-refractivity contribution in [3.63, 3.8) is 0 Å². The van der Waals surface area contributed by atoms with Crippen LogP contribution in [-0.2, 0) is 6.54 Å². The first-order chi connectivity index (χ1) is 10.5. The van der Waals surface area contributed by atoms with Crippen LogP contribution in [0.2, 0.25) is 0 Å². The Morgan fingerprint density at radius 1 is 1.45 bits per heavy atom. The number of carbonyl (C=O) groups is 1. The van der Waals surface area contributed by atoms with Crippen molar-refractivity contribution in [1.29, 1.82) is 0 Å². The minimum Gasteiger partial charge on any atom is -0.324 e. The van der Waals surface area contributed by atoms with Gasteiger partial charge in [-0.2, -0.15) is 4.98 Å². The summed E-state index contributed by atoms with van der Waals surface area (Å²) in [4.78, 5) is 15.6. The quantitative estimate of drug-likeness (QED) is 0.769. The van der Waals surface area contributed by atoms with Crippen LogP contribution >= 0.6 is 15.9 Å². The van der Waals surface area contributed by atoms with Gasteiger partial charge in [0.15, 0.2) is 0 Å². The molecular formula is C15H20BrN5O. The van der Waals surface area contributed by atoms with Crippen molar-refractivity contribution in [3.8, 4) is 0 Å². The molecule has 0 saturated carbocycles. The predicted molar refractivity (Wildman–Crippen MR) is 90.7 cm³/mol. The first-order valence-corrected chi connectivity index (χ1v) is 7.93. The summed E-state index contributed by atoms with van der Waals surface area (Å²) in [6.07, 6.45) is 0.894. The number of aromatic nitrogens is 3. The molecule has 6 nitrogen and oxygen atoms in total. The number of halogens is 1. The average Bonchev–Trinajstić information content (AvgIpc) is 2.87. The number of nitrogens with one attached hydrogen (secondary N) is 2. The molecule has 2 N–H and O–H groups in total. The van der Waals surface area contributed by atoms with E-state index in [0.29, 0.717) is 22.8 Å². The third-order valence-corrected chi connectivity index (χ3v) is 3.98. The van der Waals surface area contributed by atoms with Gasteiger partial charge in [-0.15, -0.1) is 5.10 Å². The van der Waals surface area contributed by atoms with Crippen LogP contribution in [0.15, 0.2) is 16.9 Å². The maximum Gasteiger partial charge on any atom is 0.226 e. The number of benzene rings is 1. The maximum atomic E-state index is 11.3. The van der Waals surface area contributed by atoms with Gasteiger partial charge in [-0.3, -0.25) is 4.79 Å². The Balaban J connectivity index is 2.44. The molecule has 1 aromatic heterocycles. The first kappa shape index (κ1) is 16.6. The second-order valence-corrected chi connectivity index (χ2v) is 5.78. The molecule has 0 spiro atoms. The lowest BCUT2D eigenvalue weighted by molar-refractivity contribution is 0.112. The Morgan fingerprint density at radius 3 is 2.77 bits per heavy atom. The molecule has 0 aliphatic rings. The molecule has 1 atom stereocenters. The Morgan fingerprint density at radius 2 is 2.18 bits per heavy atom. The first-order valence-electron chi connectivity index (χ1n) is 7.14. The van der Waals surface area contributed by atoms with E-state index in [1.807, 2.05) is 40.0 Å². The highest BCUT2D eigenvalue weighted by Crippen LogP contribution is 2.27. The minimum absolute atomic E-state index is 0.0807. The zero-order chi connectivity index (χ0) is 16.3. The molecule has 7 heteroatoms. The summed E-state index contributed by atoms with van der Waals surface area (Å²) in [7, 11) is 1.87. The van der Waals surface area contributed by atoms with Crippen molar-refractivity contribution in [2.75, 3.05) is 12.4 Å². The largest absolute Gasteiger partial charge is 0.324 e. The van der Waals surface area contributed by atoms with E-state index < -0.39 is 0 Å². The number of nitrogens with zero attached hydrogens (tertiary/aromatic N) is 3. The molecule has 118 valence electrons. The molecule has 0 fully saturated rings. The summed E-state index contributed by atoms with van der Waals surface area (Å²) in [6, 6.07) is 3.96. The summed E-state index contributed by atoms with van der Waals surface area (Å²) < 4.78 is 2.32. The minimum atomic E-state index is 0.0807. The van der Waals surface area contributed by atoms with Crippen molar-refractivity contribution in [2.24, 2.45) is 0 Å². The van der Waals surface area contributed by atoms with Crippen molar-refractivity contribution in [2.45, 2.75) is 33.4 Å². The lowest BCUT2D eigenvalue weighted by Crippen LogP contribution is -2.15. The van der Waals surface area contributed by atoms with Gasteiger partial charge in [0.2, 0.25) is 10.7 Å². The van der Waals surface area contributed by atoms with Gasteiger partial charge in [-0.25, -0.2) is 4.68 Å². The standard InChI is InChI=1S/C15H20BrN5O/c1-5-21-15(19-14(16)20-21)18-13-7-12(10(3)17-4)11(8-22)6-9(13)2/h6-8,10,17H,5H2,1-4H3,(H,18,19,20). The van der Waals surface area contributed by atoms with E-state index in [0.717, 1.165) is 23.1 Å². The van der Waals surface area contributed by atoms with Crippen LogP contribution in [0.1, 0.15) is 41.4 Å². The monoisotopic (exact) mass is 365 g/mol. The molecule has 1 aromatic carbocycles. The number of carbonyl (C=O) groups excluding carboxylic acids is 1. The summed E-state index contributed by atoms with van der Waals surface area (Å²) in [5.74, 6) is 0.666. The summed E-state index contributed by atoms with van der Waals surface area (Å²) >= 11 is 3.29. The van der Waals surface area contributed by atoms with Gasteiger partial charge >= 0.3 is 0 Å². The SMILES string of the molecule is CCn1nc(Br)nc1Nc1cc(C(C)NC)c(C=O)cc1C. The maximum absolute atomic E-state index is 11.3. The lowest BCUT2D eigenvalue weighted by atomic mass is 9.98. The fourth-order valence-corrected chi connectivity index (χ4v) is 2.62. The smallest absolute Gasteiger partial charge is 0.226 e. The van der Waals surface area contributed by atoms with Crippen LogP contribution in [0.25, 0.3) is 0 Å². The Bertz CT molecular complexity index is 683. The number of rotatable bonds is 6. The molecule has 1 unspecified atom stereocenters. The average molecular weight is 366 g/mol. The third-order valence-electron chi connectivity index (χ3n) is 3.65. The topological polar surface area (TPSA) is 71.8 Å². The number of hydrogen-bond acceptors (Lipinski definition) is 5. The zero-order valence-electron chi connectivity index (χ0n) is 13.1. The van der Waals surface area contributed by atoms with Gasteiger partial charge < -0.3 is 10.6 Å². The van der Waals surface area contributed by atoms with Crippen LogP contribution in [0.5, 0.6) is 0 Å². The van der Waals surface area contributed by atoms with Crippen molar-refractivity contribution < 1.29 is 4.79 Å². The normalized spacial score (nSPS) is 12.2. The molecule has 0 aliphatic heterocycles. The lowest BCUT2D eigenvalue weighted by Gasteiger charge is -2.17. The van der Waals surface area contributed by atoms with Gasteiger partial charge in [0, 0.05) is 23.8 Å². The van der Waals surface area contributed by atoms with Crippen LogP contribution in [0, 0.1) is 6.92 Å². The number of hydrogen-bond donors (Lipinski definition) is 2. The number of aryl methyl sites for hydroxylation is 2. The second kappa shape index (κ2) is 7.02.